The van der Waals surface area contributed by atoms with E-state index in [4.69, 9.17) is 21.1 Å². The number of halogens is 1. The molecule has 1 aliphatic heterocycles. The summed E-state index contributed by atoms with van der Waals surface area (Å²) in [5, 5.41) is -0.0376. The fraction of sp³-hybridized carbons (Fsp3) is 0.467. The zero-order valence-corrected chi connectivity index (χ0v) is 15.1. The predicted octanol–water partition coefficient (Wildman–Crippen LogP) is 1.13. The number of hydrogen-bond acceptors (Lipinski definition) is 7. The molecule has 0 amide bonds. The summed E-state index contributed by atoms with van der Waals surface area (Å²) in [6.45, 7) is 0.154. The van der Waals surface area contributed by atoms with Crippen molar-refractivity contribution in [2.24, 2.45) is 0 Å². The fourth-order valence-corrected chi connectivity index (χ4v) is 3.78. The van der Waals surface area contributed by atoms with E-state index in [1.807, 2.05) is 0 Å². The molecular weight excluding hydrogens is 374 g/mol. The van der Waals surface area contributed by atoms with Gasteiger partial charge in [0.25, 0.3) is 0 Å². The summed E-state index contributed by atoms with van der Waals surface area (Å²) in [7, 11) is -2.78. The van der Waals surface area contributed by atoms with Crippen molar-refractivity contribution in [3.63, 3.8) is 0 Å². The second-order valence-corrected chi connectivity index (χ2v) is 7.43. The van der Waals surface area contributed by atoms with Crippen LogP contribution in [0.2, 0.25) is 5.02 Å². The van der Waals surface area contributed by atoms with Gasteiger partial charge in [0.05, 0.1) is 23.8 Å². The number of nitrogens with one attached hydrogen (secondary N) is 1. The number of carbonyl (C=O) groups is 2. The summed E-state index contributed by atoms with van der Waals surface area (Å²) < 4.78 is 41.7. The van der Waals surface area contributed by atoms with Gasteiger partial charge in [-0.2, -0.15) is 0 Å². The van der Waals surface area contributed by atoms with Crippen LogP contribution in [0.15, 0.2) is 23.1 Å². The highest BCUT2D eigenvalue weighted by molar-refractivity contribution is 7.89. The molecule has 138 valence electrons. The van der Waals surface area contributed by atoms with E-state index < -0.39 is 28.6 Å². The van der Waals surface area contributed by atoms with Crippen molar-refractivity contribution in [2.75, 3.05) is 26.9 Å². The van der Waals surface area contributed by atoms with Crippen molar-refractivity contribution in [2.45, 2.75) is 23.8 Å². The summed E-state index contributed by atoms with van der Waals surface area (Å²) in [4.78, 5) is 22.7. The van der Waals surface area contributed by atoms with Gasteiger partial charge in [-0.15, -0.1) is 0 Å². The molecule has 1 heterocycles. The zero-order valence-electron chi connectivity index (χ0n) is 13.5. The molecule has 1 aromatic rings. The third-order valence-electron chi connectivity index (χ3n) is 3.53. The molecule has 10 heteroatoms. The number of rotatable bonds is 7. The van der Waals surface area contributed by atoms with E-state index in [1.165, 1.54) is 12.1 Å². The number of esters is 2. The maximum Gasteiger partial charge on any atom is 0.344 e. The molecule has 1 fully saturated rings. The quantitative estimate of drug-likeness (QED) is 0.694. The molecule has 0 bridgehead atoms. The largest absolute Gasteiger partial charge is 0.466 e. The summed E-state index contributed by atoms with van der Waals surface area (Å²) in [6.07, 6.45) is 1.48. The second kappa shape index (κ2) is 8.61. The molecule has 0 spiro atoms. The highest BCUT2D eigenvalue weighted by Crippen LogP contribution is 2.23. The van der Waals surface area contributed by atoms with Crippen LogP contribution in [0.5, 0.6) is 0 Å². The maximum atomic E-state index is 12.4. The van der Waals surface area contributed by atoms with Crippen LogP contribution in [-0.4, -0.2) is 53.3 Å². The minimum Gasteiger partial charge on any atom is -0.466 e. The molecule has 1 N–H and O–H groups in total. The molecule has 2 rings (SSSR count). The number of benzene rings is 1. The lowest BCUT2D eigenvalue weighted by Gasteiger charge is -2.13. The Balaban J connectivity index is 2.11. The van der Waals surface area contributed by atoms with Crippen molar-refractivity contribution in [1.29, 1.82) is 0 Å². The number of ether oxygens (including phenoxy) is 3. The van der Waals surface area contributed by atoms with Crippen LogP contribution in [0.25, 0.3) is 0 Å². The smallest absolute Gasteiger partial charge is 0.344 e. The number of sulfonamides is 1. The second-order valence-electron chi connectivity index (χ2n) is 5.28. The van der Waals surface area contributed by atoms with Crippen LogP contribution in [0.1, 0.15) is 23.2 Å². The molecule has 1 atom stereocenters. The zero-order chi connectivity index (χ0) is 18.4. The van der Waals surface area contributed by atoms with E-state index in [2.05, 4.69) is 9.46 Å². The van der Waals surface area contributed by atoms with Crippen molar-refractivity contribution in [3.8, 4) is 0 Å². The van der Waals surface area contributed by atoms with Gasteiger partial charge in [-0.05, 0) is 31.0 Å². The van der Waals surface area contributed by atoms with Gasteiger partial charge < -0.3 is 14.2 Å². The Kier molecular flexibility index (Phi) is 6.77. The first-order valence-electron chi connectivity index (χ1n) is 7.48. The maximum absolute atomic E-state index is 12.4. The Labute approximate surface area is 150 Å². The SMILES string of the molecule is COC(=O)COC(=O)c1ccc(Cl)c(S(=O)(=O)NCC2CCCO2)c1. The van der Waals surface area contributed by atoms with Crippen molar-refractivity contribution in [1.82, 2.24) is 4.72 Å². The molecule has 1 aromatic carbocycles. The van der Waals surface area contributed by atoms with E-state index in [0.29, 0.717) is 6.61 Å². The van der Waals surface area contributed by atoms with Crippen LogP contribution in [-0.2, 0) is 29.0 Å². The minimum absolute atomic E-state index is 0.0376. The third kappa shape index (κ3) is 5.40. The average Bonchev–Trinajstić information content (AvgIpc) is 3.11. The van der Waals surface area contributed by atoms with Gasteiger partial charge in [0.1, 0.15) is 4.90 Å². The third-order valence-corrected chi connectivity index (χ3v) is 5.44. The Morgan fingerprint density at radius 2 is 2.16 bits per heavy atom. The van der Waals surface area contributed by atoms with E-state index in [1.54, 1.807) is 0 Å². The molecule has 0 saturated carbocycles. The first-order chi connectivity index (χ1) is 11.8. The molecule has 0 radical (unpaired) electrons. The fourth-order valence-electron chi connectivity index (χ4n) is 2.19. The summed E-state index contributed by atoms with van der Waals surface area (Å²) >= 11 is 5.95. The Morgan fingerprint density at radius 3 is 2.80 bits per heavy atom. The molecule has 25 heavy (non-hydrogen) atoms. The van der Waals surface area contributed by atoms with Crippen LogP contribution in [0, 0.1) is 0 Å². The van der Waals surface area contributed by atoms with Gasteiger partial charge in [0.2, 0.25) is 10.0 Å². The van der Waals surface area contributed by atoms with Gasteiger partial charge in [-0.1, -0.05) is 11.6 Å². The van der Waals surface area contributed by atoms with Crippen LogP contribution in [0.3, 0.4) is 0 Å². The van der Waals surface area contributed by atoms with Crippen molar-refractivity contribution < 1.29 is 32.2 Å². The summed E-state index contributed by atoms with van der Waals surface area (Å²) in [5.41, 5.74) is -0.0502. The van der Waals surface area contributed by atoms with Gasteiger partial charge in [0, 0.05) is 13.2 Å². The van der Waals surface area contributed by atoms with Gasteiger partial charge >= 0.3 is 11.9 Å². The Bertz CT molecular complexity index is 744. The van der Waals surface area contributed by atoms with Crippen LogP contribution < -0.4 is 4.72 Å². The van der Waals surface area contributed by atoms with E-state index in [9.17, 15) is 18.0 Å². The predicted molar refractivity (Wildman–Crippen MR) is 87.9 cm³/mol. The molecule has 8 nitrogen and oxygen atoms in total. The first-order valence-corrected chi connectivity index (χ1v) is 9.34. The lowest BCUT2D eigenvalue weighted by molar-refractivity contribution is -0.144. The van der Waals surface area contributed by atoms with Crippen LogP contribution in [0.4, 0.5) is 0 Å². The molecule has 0 aliphatic carbocycles. The minimum atomic E-state index is -3.93. The Hall–Kier alpha value is -1.68. The van der Waals surface area contributed by atoms with E-state index in [0.717, 1.165) is 26.0 Å². The molecule has 1 unspecified atom stereocenters. The summed E-state index contributed by atoms with van der Waals surface area (Å²) in [5.74, 6) is -1.59. The lowest BCUT2D eigenvalue weighted by atomic mass is 10.2. The standard InChI is InChI=1S/C15H18ClNO7S/c1-22-14(18)9-24-15(19)10-4-5-12(16)13(7-10)25(20,21)17-8-11-3-2-6-23-11/h4-5,7,11,17H,2-3,6,8-9H2,1H3. The monoisotopic (exact) mass is 391 g/mol. The Morgan fingerprint density at radius 1 is 1.40 bits per heavy atom. The van der Waals surface area contributed by atoms with Crippen LogP contribution >= 0.6 is 11.6 Å². The molecular formula is C15H18ClNO7S. The highest BCUT2D eigenvalue weighted by Gasteiger charge is 2.23. The lowest BCUT2D eigenvalue weighted by Crippen LogP contribution is -2.32. The molecule has 1 saturated heterocycles. The number of hydrogen-bond donors (Lipinski definition) is 1. The van der Waals surface area contributed by atoms with E-state index >= 15 is 0 Å². The number of carbonyl (C=O) groups excluding carboxylic acids is 2. The van der Waals surface area contributed by atoms with Gasteiger partial charge in [-0.25, -0.2) is 22.7 Å². The molecule has 0 aromatic heterocycles. The van der Waals surface area contributed by atoms with E-state index in [-0.39, 0.29) is 28.1 Å². The number of methoxy groups -OCH3 is 1. The summed E-state index contributed by atoms with van der Waals surface area (Å²) in [6, 6.07) is 3.68. The average molecular weight is 392 g/mol. The van der Waals surface area contributed by atoms with Crippen molar-refractivity contribution in [3.05, 3.63) is 28.8 Å². The van der Waals surface area contributed by atoms with Gasteiger partial charge in [-0.3, -0.25) is 0 Å². The van der Waals surface area contributed by atoms with Gasteiger partial charge in [0.15, 0.2) is 6.61 Å². The first kappa shape index (κ1) is 19.6. The topological polar surface area (TPSA) is 108 Å². The highest BCUT2D eigenvalue weighted by atomic mass is 35.5. The van der Waals surface area contributed by atoms with Crippen molar-refractivity contribution >= 4 is 33.6 Å². The normalized spacial score (nSPS) is 17.3. The molecule has 1 aliphatic rings.